The van der Waals surface area contributed by atoms with Crippen molar-refractivity contribution in [2.24, 2.45) is 0 Å². The van der Waals surface area contributed by atoms with E-state index in [9.17, 15) is 0 Å². The zero-order chi connectivity index (χ0) is 11.0. The molecule has 16 heavy (non-hydrogen) atoms. The molecule has 3 aromatic rings. The van der Waals surface area contributed by atoms with E-state index in [1.54, 1.807) is 29.0 Å². The smallest absolute Gasteiger partial charge is 0.185 e. The van der Waals surface area contributed by atoms with Gasteiger partial charge in [-0.25, -0.2) is 0 Å². The summed E-state index contributed by atoms with van der Waals surface area (Å²) >= 11 is 5.84. The van der Waals surface area contributed by atoms with Gasteiger partial charge in [0.2, 0.25) is 0 Å². The van der Waals surface area contributed by atoms with Gasteiger partial charge >= 0.3 is 0 Å². The first kappa shape index (κ1) is 9.23. The van der Waals surface area contributed by atoms with Gasteiger partial charge in [0.05, 0.1) is 0 Å². The Balaban J connectivity index is 2.29. The Kier molecular flexibility index (Phi) is 2.04. The normalized spacial score (nSPS) is 10.8. The molecule has 3 heterocycles. The Labute approximate surface area is 95.7 Å². The van der Waals surface area contributed by atoms with Crippen molar-refractivity contribution in [1.82, 2.24) is 24.8 Å². The van der Waals surface area contributed by atoms with Crippen LogP contribution in [0.4, 0.5) is 0 Å². The Morgan fingerprint density at radius 2 is 1.81 bits per heavy atom. The van der Waals surface area contributed by atoms with E-state index in [0.717, 1.165) is 5.56 Å². The molecule has 0 saturated heterocycles. The van der Waals surface area contributed by atoms with Crippen molar-refractivity contribution >= 4 is 17.2 Å². The summed E-state index contributed by atoms with van der Waals surface area (Å²) < 4.78 is 1.61. The molecular formula is C10H6ClN5. The van der Waals surface area contributed by atoms with Crippen molar-refractivity contribution in [1.29, 1.82) is 0 Å². The Morgan fingerprint density at radius 1 is 1.00 bits per heavy atom. The van der Waals surface area contributed by atoms with Crippen LogP contribution < -0.4 is 0 Å². The number of aromatic nitrogens is 5. The van der Waals surface area contributed by atoms with Crippen LogP contribution in [0.1, 0.15) is 0 Å². The van der Waals surface area contributed by atoms with Gasteiger partial charge < -0.3 is 0 Å². The molecule has 0 amide bonds. The predicted molar refractivity (Wildman–Crippen MR) is 59.0 cm³/mol. The molecule has 0 atom stereocenters. The van der Waals surface area contributed by atoms with Crippen molar-refractivity contribution in [2.75, 3.05) is 0 Å². The fourth-order valence-corrected chi connectivity index (χ4v) is 1.59. The lowest BCUT2D eigenvalue weighted by Crippen LogP contribution is -1.94. The molecule has 0 radical (unpaired) electrons. The molecule has 0 aliphatic heterocycles. The first-order valence-corrected chi connectivity index (χ1v) is 5.01. The second-order valence-corrected chi connectivity index (χ2v) is 3.57. The second-order valence-electron chi connectivity index (χ2n) is 3.19. The minimum atomic E-state index is 0.405. The highest BCUT2D eigenvalue weighted by Crippen LogP contribution is 2.17. The van der Waals surface area contributed by atoms with Gasteiger partial charge in [0.25, 0.3) is 0 Å². The van der Waals surface area contributed by atoms with E-state index in [-0.39, 0.29) is 0 Å². The van der Waals surface area contributed by atoms with E-state index in [0.29, 0.717) is 16.6 Å². The fraction of sp³-hybridized carbons (Fsp3) is 0. The topological polar surface area (TPSA) is 56.0 Å². The van der Waals surface area contributed by atoms with Crippen molar-refractivity contribution in [3.05, 3.63) is 41.8 Å². The molecule has 6 heteroatoms. The van der Waals surface area contributed by atoms with Crippen LogP contribution in [0.2, 0.25) is 5.15 Å². The van der Waals surface area contributed by atoms with Crippen LogP contribution in [-0.2, 0) is 0 Å². The predicted octanol–water partition coefficient (Wildman–Crippen LogP) is 1.84. The van der Waals surface area contributed by atoms with Gasteiger partial charge in [-0.05, 0) is 24.3 Å². The largest absolute Gasteiger partial charge is 0.265 e. The molecule has 0 saturated carbocycles. The maximum absolute atomic E-state index is 5.84. The number of hydrogen-bond donors (Lipinski definition) is 0. The number of hydrogen-bond acceptors (Lipinski definition) is 4. The highest BCUT2D eigenvalue weighted by atomic mass is 35.5. The van der Waals surface area contributed by atoms with E-state index < -0.39 is 0 Å². The third-order valence-electron chi connectivity index (χ3n) is 2.17. The third kappa shape index (κ3) is 1.42. The summed E-state index contributed by atoms with van der Waals surface area (Å²) in [7, 11) is 0. The quantitative estimate of drug-likeness (QED) is 0.641. The lowest BCUT2D eigenvalue weighted by Gasteiger charge is -1.98. The van der Waals surface area contributed by atoms with Crippen LogP contribution in [0.3, 0.4) is 0 Å². The molecule has 0 spiro atoms. The molecule has 0 fully saturated rings. The monoisotopic (exact) mass is 231 g/mol. The molecule has 3 rings (SSSR count). The van der Waals surface area contributed by atoms with Crippen LogP contribution in [0.15, 0.2) is 36.7 Å². The van der Waals surface area contributed by atoms with Crippen molar-refractivity contribution in [3.8, 4) is 11.4 Å². The van der Waals surface area contributed by atoms with Gasteiger partial charge in [-0.1, -0.05) is 11.6 Å². The maximum Gasteiger partial charge on any atom is 0.185 e. The molecule has 0 aliphatic rings. The number of fused-ring (bicyclic) bond motifs is 1. The molecule has 5 nitrogen and oxygen atoms in total. The van der Waals surface area contributed by atoms with Gasteiger partial charge in [-0.2, -0.15) is 9.61 Å². The Bertz CT molecular complexity index is 634. The van der Waals surface area contributed by atoms with Crippen molar-refractivity contribution in [2.45, 2.75) is 0 Å². The molecular weight excluding hydrogens is 226 g/mol. The number of halogens is 1. The summed E-state index contributed by atoms with van der Waals surface area (Å²) in [5, 5.41) is 12.6. The fourth-order valence-electron chi connectivity index (χ4n) is 1.45. The van der Waals surface area contributed by atoms with Gasteiger partial charge in [0.15, 0.2) is 11.5 Å². The summed E-state index contributed by atoms with van der Waals surface area (Å²) in [5.41, 5.74) is 1.56. The van der Waals surface area contributed by atoms with Crippen molar-refractivity contribution < 1.29 is 0 Å². The number of pyridine rings is 1. The maximum atomic E-state index is 5.84. The summed E-state index contributed by atoms with van der Waals surface area (Å²) in [4.78, 5) is 3.95. The molecule has 78 valence electrons. The third-order valence-corrected chi connectivity index (χ3v) is 2.37. The van der Waals surface area contributed by atoms with E-state index in [4.69, 9.17) is 11.6 Å². The lowest BCUT2D eigenvalue weighted by atomic mass is 10.2. The molecule has 3 aromatic heterocycles. The summed E-state index contributed by atoms with van der Waals surface area (Å²) in [5.74, 6) is 0.653. The average Bonchev–Trinajstić information content (AvgIpc) is 2.73. The van der Waals surface area contributed by atoms with Crippen LogP contribution in [0, 0.1) is 0 Å². The van der Waals surface area contributed by atoms with Gasteiger partial charge in [0.1, 0.15) is 5.15 Å². The van der Waals surface area contributed by atoms with Crippen LogP contribution in [0.5, 0.6) is 0 Å². The molecule has 0 bridgehead atoms. The van der Waals surface area contributed by atoms with E-state index >= 15 is 0 Å². The molecule has 0 aliphatic carbocycles. The Morgan fingerprint density at radius 3 is 2.62 bits per heavy atom. The first-order valence-electron chi connectivity index (χ1n) is 4.63. The number of rotatable bonds is 1. The van der Waals surface area contributed by atoms with E-state index in [1.165, 1.54) is 0 Å². The van der Waals surface area contributed by atoms with Crippen LogP contribution in [0.25, 0.3) is 17.0 Å². The highest BCUT2D eigenvalue weighted by molar-refractivity contribution is 6.29. The van der Waals surface area contributed by atoms with Gasteiger partial charge in [-0.3, -0.25) is 4.98 Å². The van der Waals surface area contributed by atoms with E-state index in [1.807, 2.05) is 12.1 Å². The zero-order valence-electron chi connectivity index (χ0n) is 8.08. The summed E-state index contributed by atoms with van der Waals surface area (Å²) in [6.07, 6.45) is 3.39. The lowest BCUT2D eigenvalue weighted by molar-refractivity contribution is 0.936. The molecule has 0 aromatic carbocycles. The zero-order valence-corrected chi connectivity index (χ0v) is 8.83. The number of nitrogens with zero attached hydrogens (tertiary/aromatic N) is 5. The summed E-state index contributed by atoms with van der Waals surface area (Å²) in [6, 6.07) is 7.15. The standard InChI is InChI=1S/C10H6ClN5/c11-8-1-2-9-13-14-10(16(9)15-8)7-3-5-12-6-4-7/h1-6H. The van der Waals surface area contributed by atoms with Crippen molar-refractivity contribution in [3.63, 3.8) is 0 Å². The Hall–Kier alpha value is -2.01. The minimum Gasteiger partial charge on any atom is -0.265 e. The first-order chi connectivity index (χ1) is 7.84. The summed E-state index contributed by atoms with van der Waals surface area (Å²) in [6.45, 7) is 0. The van der Waals surface area contributed by atoms with Gasteiger partial charge in [-0.15, -0.1) is 10.2 Å². The average molecular weight is 232 g/mol. The molecule has 0 unspecified atom stereocenters. The van der Waals surface area contributed by atoms with Crippen LogP contribution in [-0.4, -0.2) is 24.8 Å². The van der Waals surface area contributed by atoms with E-state index in [2.05, 4.69) is 20.3 Å². The SMILES string of the molecule is Clc1ccc2nnc(-c3ccncc3)n2n1. The van der Waals surface area contributed by atoms with Gasteiger partial charge in [0, 0.05) is 18.0 Å². The minimum absolute atomic E-state index is 0.405. The highest BCUT2D eigenvalue weighted by Gasteiger charge is 2.08. The van der Waals surface area contributed by atoms with Crippen LogP contribution >= 0.6 is 11.6 Å². The molecule has 0 N–H and O–H groups in total. The second kappa shape index (κ2) is 3.53.